The van der Waals surface area contributed by atoms with Gasteiger partial charge < -0.3 is 15.0 Å². The SMILES string of the molecule is O=C([C@@H]1CN(C2CCOCC2)C[C@H]1c1ccc(Cl)cc1F)N1CCNC2(CC2)C1. The fourth-order valence-corrected chi connectivity index (χ4v) is 5.57. The molecule has 1 aromatic rings. The van der Waals surface area contributed by atoms with Crippen molar-refractivity contribution in [2.45, 2.75) is 43.2 Å². The number of piperazine rings is 1. The third kappa shape index (κ3) is 3.92. The summed E-state index contributed by atoms with van der Waals surface area (Å²) < 4.78 is 20.3. The van der Waals surface area contributed by atoms with Crippen LogP contribution >= 0.6 is 11.6 Å². The standard InChI is InChI=1S/C22H29ClFN3O2/c23-15-1-2-17(20(24)11-15)18-12-27(16-3-9-29-10-4-16)13-19(18)21(28)26-8-7-25-22(14-26)5-6-22/h1-2,11,16,18-19,25H,3-10,12-14H2/t18-,19+/m0/s1. The molecular weight excluding hydrogens is 393 g/mol. The van der Waals surface area contributed by atoms with Crippen LogP contribution in [0.3, 0.4) is 0 Å². The second kappa shape index (κ2) is 7.80. The van der Waals surface area contributed by atoms with Crippen LogP contribution in [0.2, 0.25) is 5.02 Å². The van der Waals surface area contributed by atoms with Gasteiger partial charge in [-0.15, -0.1) is 0 Å². The summed E-state index contributed by atoms with van der Waals surface area (Å²) in [5, 5.41) is 3.97. The lowest BCUT2D eigenvalue weighted by Gasteiger charge is -2.36. The van der Waals surface area contributed by atoms with E-state index in [2.05, 4.69) is 10.2 Å². The lowest BCUT2D eigenvalue weighted by atomic mass is 9.87. The van der Waals surface area contributed by atoms with Gasteiger partial charge in [-0.05, 0) is 43.4 Å². The highest BCUT2D eigenvalue weighted by Gasteiger charge is 2.49. The molecule has 1 N–H and O–H groups in total. The Bertz CT molecular complexity index is 781. The number of carbonyl (C=O) groups excluding carboxylic acids is 1. The van der Waals surface area contributed by atoms with E-state index >= 15 is 0 Å². The number of carbonyl (C=O) groups is 1. The molecule has 7 heteroatoms. The van der Waals surface area contributed by atoms with Gasteiger partial charge in [-0.3, -0.25) is 9.69 Å². The van der Waals surface area contributed by atoms with Crippen molar-refractivity contribution in [1.29, 1.82) is 0 Å². The lowest BCUT2D eigenvalue weighted by molar-refractivity contribution is -0.137. The summed E-state index contributed by atoms with van der Waals surface area (Å²) >= 11 is 5.99. The minimum Gasteiger partial charge on any atom is -0.381 e. The van der Waals surface area contributed by atoms with Gasteiger partial charge in [0.2, 0.25) is 5.91 Å². The van der Waals surface area contributed by atoms with Gasteiger partial charge >= 0.3 is 0 Å². The first-order valence-corrected chi connectivity index (χ1v) is 11.2. The molecule has 0 aromatic heterocycles. The minimum absolute atomic E-state index is 0.132. The molecule has 0 unspecified atom stereocenters. The third-order valence-corrected chi connectivity index (χ3v) is 7.51. The molecule has 3 saturated heterocycles. The first kappa shape index (κ1) is 19.7. The van der Waals surface area contributed by atoms with Gasteiger partial charge in [0.05, 0.1) is 5.92 Å². The molecule has 4 aliphatic rings. The lowest BCUT2D eigenvalue weighted by Crippen LogP contribution is -2.56. The number of nitrogens with one attached hydrogen (secondary N) is 1. The third-order valence-electron chi connectivity index (χ3n) is 7.27. The van der Waals surface area contributed by atoms with Crippen molar-refractivity contribution in [3.63, 3.8) is 0 Å². The van der Waals surface area contributed by atoms with Crippen molar-refractivity contribution in [1.82, 2.24) is 15.1 Å². The molecule has 3 heterocycles. The van der Waals surface area contributed by atoms with Crippen LogP contribution in [0.5, 0.6) is 0 Å². The van der Waals surface area contributed by atoms with Crippen LogP contribution < -0.4 is 5.32 Å². The summed E-state index contributed by atoms with van der Waals surface area (Å²) in [5.41, 5.74) is 0.770. The Balaban J connectivity index is 1.40. The van der Waals surface area contributed by atoms with E-state index in [9.17, 15) is 9.18 Å². The number of ether oxygens (including phenoxy) is 1. The van der Waals surface area contributed by atoms with Gasteiger partial charge in [-0.2, -0.15) is 0 Å². The van der Waals surface area contributed by atoms with Crippen molar-refractivity contribution in [2.75, 3.05) is 45.9 Å². The molecule has 4 fully saturated rings. The van der Waals surface area contributed by atoms with Crippen LogP contribution in [0, 0.1) is 11.7 Å². The average molecular weight is 422 g/mol. The number of amides is 1. The van der Waals surface area contributed by atoms with Crippen LogP contribution in [0.1, 0.15) is 37.2 Å². The summed E-state index contributed by atoms with van der Waals surface area (Å²) in [4.78, 5) is 18.0. The molecule has 158 valence electrons. The van der Waals surface area contributed by atoms with Crippen molar-refractivity contribution >= 4 is 17.5 Å². The maximum absolute atomic E-state index is 14.8. The molecule has 0 radical (unpaired) electrons. The van der Waals surface area contributed by atoms with Gasteiger partial charge in [0.25, 0.3) is 0 Å². The van der Waals surface area contributed by atoms with Gasteiger partial charge in [0.1, 0.15) is 5.82 Å². The zero-order valence-electron chi connectivity index (χ0n) is 16.7. The average Bonchev–Trinajstić information content (AvgIpc) is 3.32. The first-order chi connectivity index (χ1) is 14.0. The molecule has 1 aromatic carbocycles. The van der Waals surface area contributed by atoms with E-state index in [1.54, 1.807) is 12.1 Å². The van der Waals surface area contributed by atoms with Crippen LogP contribution in [0.15, 0.2) is 18.2 Å². The number of likely N-dealkylation sites (tertiary alicyclic amines) is 1. The second-order valence-corrected chi connectivity index (χ2v) is 9.58. The maximum atomic E-state index is 14.8. The van der Waals surface area contributed by atoms with Crippen molar-refractivity contribution in [2.24, 2.45) is 5.92 Å². The van der Waals surface area contributed by atoms with Crippen LogP contribution in [0.4, 0.5) is 4.39 Å². The molecule has 1 amide bonds. The molecule has 0 bridgehead atoms. The molecular formula is C22H29ClFN3O2. The highest BCUT2D eigenvalue weighted by molar-refractivity contribution is 6.30. The van der Waals surface area contributed by atoms with E-state index in [0.29, 0.717) is 23.2 Å². The first-order valence-electron chi connectivity index (χ1n) is 10.9. The number of nitrogens with zero attached hydrogens (tertiary/aromatic N) is 2. The second-order valence-electron chi connectivity index (χ2n) is 9.14. The largest absolute Gasteiger partial charge is 0.381 e. The molecule has 29 heavy (non-hydrogen) atoms. The van der Waals surface area contributed by atoms with Crippen LogP contribution in [-0.2, 0) is 9.53 Å². The van der Waals surface area contributed by atoms with Gasteiger partial charge in [-0.1, -0.05) is 17.7 Å². The molecule has 5 nitrogen and oxygen atoms in total. The zero-order chi connectivity index (χ0) is 20.0. The Hall–Kier alpha value is -1.21. The van der Waals surface area contributed by atoms with Crippen molar-refractivity contribution < 1.29 is 13.9 Å². The summed E-state index contributed by atoms with van der Waals surface area (Å²) in [5.74, 6) is -0.449. The molecule has 1 aliphatic carbocycles. The Labute approximate surface area is 176 Å². The Kier molecular flexibility index (Phi) is 5.31. The highest BCUT2D eigenvalue weighted by atomic mass is 35.5. The molecule has 1 saturated carbocycles. The highest BCUT2D eigenvalue weighted by Crippen LogP contribution is 2.41. The topological polar surface area (TPSA) is 44.8 Å². The van der Waals surface area contributed by atoms with Gasteiger partial charge in [-0.25, -0.2) is 4.39 Å². The van der Waals surface area contributed by atoms with Gasteiger partial charge in [0, 0.05) is 68.5 Å². The maximum Gasteiger partial charge on any atom is 0.227 e. The number of halogens is 2. The minimum atomic E-state index is -0.298. The molecule has 2 atom stereocenters. The van der Waals surface area contributed by atoms with E-state index in [4.69, 9.17) is 16.3 Å². The predicted octanol–water partition coefficient (Wildman–Crippen LogP) is 2.64. The van der Waals surface area contributed by atoms with Gasteiger partial charge in [0.15, 0.2) is 0 Å². The Morgan fingerprint density at radius 1 is 1.24 bits per heavy atom. The molecule has 5 rings (SSSR count). The normalized spacial score (nSPS) is 30.1. The van der Waals surface area contributed by atoms with E-state index < -0.39 is 0 Å². The Morgan fingerprint density at radius 3 is 2.76 bits per heavy atom. The smallest absolute Gasteiger partial charge is 0.227 e. The number of hydrogen-bond acceptors (Lipinski definition) is 4. The zero-order valence-corrected chi connectivity index (χ0v) is 17.5. The van der Waals surface area contributed by atoms with Crippen LogP contribution in [0.25, 0.3) is 0 Å². The Morgan fingerprint density at radius 2 is 2.03 bits per heavy atom. The van der Waals surface area contributed by atoms with Crippen LogP contribution in [-0.4, -0.2) is 73.2 Å². The van der Waals surface area contributed by atoms with E-state index in [1.807, 2.05) is 4.90 Å². The predicted molar refractivity (Wildman–Crippen MR) is 110 cm³/mol. The fourth-order valence-electron chi connectivity index (χ4n) is 5.41. The van der Waals surface area contributed by atoms with E-state index in [-0.39, 0.29) is 29.1 Å². The number of hydrogen-bond donors (Lipinski definition) is 1. The summed E-state index contributed by atoms with van der Waals surface area (Å²) in [6, 6.07) is 5.30. The van der Waals surface area contributed by atoms with Crippen molar-refractivity contribution in [3.8, 4) is 0 Å². The van der Waals surface area contributed by atoms with Crippen molar-refractivity contribution in [3.05, 3.63) is 34.6 Å². The van der Waals surface area contributed by atoms with E-state index in [1.165, 1.54) is 6.07 Å². The monoisotopic (exact) mass is 421 g/mol. The number of rotatable bonds is 3. The molecule has 1 spiro atoms. The fraction of sp³-hybridized carbons (Fsp3) is 0.682. The molecule has 3 aliphatic heterocycles. The number of benzene rings is 1. The quantitative estimate of drug-likeness (QED) is 0.815. The summed E-state index contributed by atoms with van der Waals surface area (Å²) in [6.45, 7) is 5.33. The summed E-state index contributed by atoms with van der Waals surface area (Å²) in [6.07, 6.45) is 4.25. The van der Waals surface area contributed by atoms with E-state index in [0.717, 1.165) is 65.1 Å². The summed E-state index contributed by atoms with van der Waals surface area (Å²) in [7, 11) is 0.